The Balaban J connectivity index is 2.26. The summed E-state index contributed by atoms with van der Waals surface area (Å²) in [6.45, 7) is 2.36. The van der Waals surface area contributed by atoms with E-state index < -0.39 is 0 Å². The predicted octanol–water partition coefficient (Wildman–Crippen LogP) is 2.85. The molecule has 18 heavy (non-hydrogen) atoms. The van der Waals surface area contributed by atoms with Gasteiger partial charge in [0.1, 0.15) is 12.0 Å². The van der Waals surface area contributed by atoms with Crippen LogP contribution in [0, 0.1) is 0 Å². The van der Waals surface area contributed by atoms with Crippen molar-refractivity contribution in [2.45, 2.75) is 6.92 Å². The predicted molar refractivity (Wildman–Crippen MR) is 72.3 cm³/mol. The molecule has 1 heterocycles. The lowest BCUT2D eigenvalue weighted by molar-refractivity contribution is 0.328. The summed E-state index contributed by atoms with van der Waals surface area (Å²) in [6.07, 6.45) is 1.40. The summed E-state index contributed by atoms with van der Waals surface area (Å²) < 4.78 is 5.30. The van der Waals surface area contributed by atoms with Crippen LogP contribution in [-0.4, -0.2) is 16.6 Å². The van der Waals surface area contributed by atoms with Crippen LogP contribution < -0.4 is 15.8 Å². The zero-order valence-corrected chi connectivity index (χ0v) is 10.6. The third kappa shape index (κ3) is 2.81. The zero-order chi connectivity index (χ0) is 13.0. The lowest BCUT2D eigenvalue weighted by Crippen LogP contribution is -2.04. The van der Waals surface area contributed by atoms with Gasteiger partial charge in [-0.1, -0.05) is 17.7 Å². The highest BCUT2D eigenvalue weighted by Gasteiger charge is 2.08. The average Bonchev–Trinajstić information content (AvgIpc) is 2.35. The third-order valence-electron chi connectivity index (χ3n) is 2.22. The number of hydrogen-bond acceptors (Lipinski definition) is 5. The summed E-state index contributed by atoms with van der Waals surface area (Å²) in [5.74, 6) is 0.868. The Morgan fingerprint density at radius 3 is 2.94 bits per heavy atom. The van der Waals surface area contributed by atoms with Gasteiger partial charge in [0.2, 0.25) is 5.88 Å². The Kier molecular flexibility index (Phi) is 3.84. The molecule has 2 aromatic rings. The SMILES string of the molecule is CCOc1ncnc(Nc2cccc(Cl)c2)c1N. The second-order valence-corrected chi connectivity index (χ2v) is 3.95. The maximum Gasteiger partial charge on any atom is 0.242 e. The Hall–Kier alpha value is -2.01. The minimum absolute atomic E-state index is 0.372. The summed E-state index contributed by atoms with van der Waals surface area (Å²) >= 11 is 5.90. The van der Waals surface area contributed by atoms with Crippen LogP contribution in [-0.2, 0) is 0 Å². The lowest BCUT2D eigenvalue weighted by Gasteiger charge is -2.11. The number of benzene rings is 1. The molecule has 0 aliphatic carbocycles. The van der Waals surface area contributed by atoms with E-state index >= 15 is 0 Å². The maximum atomic E-state index is 5.91. The molecule has 6 heteroatoms. The van der Waals surface area contributed by atoms with Crippen LogP contribution in [0.3, 0.4) is 0 Å². The molecule has 0 saturated carbocycles. The molecule has 0 fully saturated rings. The fraction of sp³-hybridized carbons (Fsp3) is 0.167. The molecule has 5 nitrogen and oxygen atoms in total. The molecule has 94 valence electrons. The van der Waals surface area contributed by atoms with Gasteiger partial charge >= 0.3 is 0 Å². The number of nitrogens with one attached hydrogen (secondary N) is 1. The van der Waals surface area contributed by atoms with Gasteiger partial charge in [-0.25, -0.2) is 4.98 Å². The van der Waals surface area contributed by atoms with Crippen LogP contribution in [0.2, 0.25) is 5.02 Å². The molecule has 0 amide bonds. The van der Waals surface area contributed by atoms with Gasteiger partial charge < -0.3 is 15.8 Å². The number of hydrogen-bond donors (Lipinski definition) is 2. The van der Waals surface area contributed by atoms with Gasteiger partial charge in [-0.2, -0.15) is 4.98 Å². The van der Waals surface area contributed by atoms with E-state index in [1.54, 1.807) is 12.1 Å². The van der Waals surface area contributed by atoms with Crippen molar-refractivity contribution in [1.29, 1.82) is 0 Å². The van der Waals surface area contributed by atoms with E-state index in [-0.39, 0.29) is 0 Å². The van der Waals surface area contributed by atoms with Gasteiger partial charge in [0.25, 0.3) is 0 Å². The first kappa shape index (κ1) is 12.4. The first-order valence-corrected chi connectivity index (χ1v) is 5.84. The number of ether oxygens (including phenoxy) is 1. The van der Waals surface area contributed by atoms with Crippen LogP contribution in [0.4, 0.5) is 17.2 Å². The molecular weight excluding hydrogens is 252 g/mol. The summed E-state index contributed by atoms with van der Waals surface area (Å²) in [5, 5.41) is 3.71. The van der Waals surface area contributed by atoms with E-state index in [1.165, 1.54) is 6.33 Å². The van der Waals surface area contributed by atoms with Crippen molar-refractivity contribution < 1.29 is 4.74 Å². The van der Waals surface area contributed by atoms with Crippen molar-refractivity contribution in [3.63, 3.8) is 0 Å². The van der Waals surface area contributed by atoms with Gasteiger partial charge in [0.05, 0.1) is 6.61 Å². The van der Waals surface area contributed by atoms with E-state index in [0.717, 1.165) is 5.69 Å². The summed E-state index contributed by atoms with van der Waals surface area (Å²) in [4.78, 5) is 8.04. The third-order valence-corrected chi connectivity index (χ3v) is 2.45. The van der Waals surface area contributed by atoms with Crippen molar-refractivity contribution in [2.75, 3.05) is 17.7 Å². The van der Waals surface area contributed by atoms with Crippen LogP contribution in [0.1, 0.15) is 6.92 Å². The lowest BCUT2D eigenvalue weighted by atomic mass is 10.3. The van der Waals surface area contributed by atoms with Crippen LogP contribution in [0.25, 0.3) is 0 Å². The van der Waals surface area contributed by atoms with Gasteiger partial charge in [-0.3, -0.25) is 0 Å². The van der Waals surface area contributed by atoms with E-state index in [4.69, 9.17) is 22.1 Å². The zero-order valence-electron chi connectivity index (χ0n) is 9.85. The molecule has 1 aromatic carbocycles. The molecule has 0 aliphatic heterocycles. The smallest absolute Gasteiger partial charge is 0.242 e. The number of nitrogens with two attached hydrogens (primary N) is 1. The standard InChI is InChI=1S/C12H13ClN4O/c1-2-18-12-10(14)11(15-7-16-12)17-9-5-3-4-8(13)6-9/h3-7H,2,14H2,1H3,(H,15,16,17). The Morgan fingerprint density at radius 1 is 1.39 bits per heavy atom. The van der Waals surface area contributed by atoms with Gasteiger partial charge in [-0.05, 0) is 25.1 Å². The maximum absolute atomic E-state index is 5.91. The Labute approximate surface area is 110 Å². The topological polar surface area (TPSA) is 73.1 Å². The van der Waals surface area contributed by atoms with Crippen LogP contribution >= 0.6 is 11.6 Å². The molecule has 0 bridgehead atoms. The molecule has 0 unspecified atom stereocenters. The molecule has 1 aromatic heterocycles. The quantitative estimate of drug-likeness (QED) is 0.888. The average molecular weight is 265 g/mol. The minimum Gasteiger partial charge on any atom is -0.476 e. The Morgan fingerprint density at radius 2 is 2.22 bits per heavy atom. The first-order chi connectivity index (χ1) is 8.70. The fourth-order valence-corrected chi connectivity index (χ4v) is 1.62. The van der Waals surface area contributed by atoms with Crippen molar-refractivity contribution in [2.24, 2.45) is 0 Å². The number of nitrogens with zero attached hydrogens (tertiary/aromatic N) is 2. The second-order valence-electron chi connectivity index (χ2n) is 3.51. The highest BCUT2D eigenvalue weighted by atomic mass is 35.5. The number of anilines is 3. The largest absolute Gasteiger partial charge is 0.476 e. The number of halogens is 1. The van der Waals surface area contributed by atoms with E-state index in [0.29, 0.717) is 29.0 Å². The van der Waals surface area contributed by atoms with Crippen molar-refractivity contribution in [3.05, 3.63) is 35.6 Å². The normalized spacial score (nSPS) is 10.1. The highest BCUT2D eigenvalue weighted by molar-refractivity contribution is 6.30. The number of nitrogen functional groups attached to an aromatic ring is 1. The van der Waals surface area contributed by atoms with Crippen LogP contribution in [0.5, 0.6) is 5.88 Å². The van der Waals surface area contributed by atoms with E-state index in [2.05, 4.69) is 15.3 Å². The molecule has 0 radical (unpaired) electrons. The van der Waals surface area contributed by atoms with Crippen molar-refractivity contribution in [3.8, 4) is 5.88 Å². The Bertz CT molecular complexity index is 547. The first-order valence-electron chi connectivity index (χ1n) is 5.46. The van der Waals surface area contributed by atoms with Crippen LogP contribution in [0.15, 0.2) is 30.6 Å². The van der Waals surface area contributed by atoms with Crippen molar-refractivity contribution >= 4 is 28.8 Å². The molecule has 0 saturated heterocycles. The highest BCUT2D eigenvalue weighted by Crippen LogP contribution is 2.28. The fourth-order valence-electron chi connectivity index (χ4n) is 1.43. The molecule has 0 aliphatic rings. The molecule has 2 rings (SSSR count). The molecule has 3 N–H and O–H groups in total. The number of rotatable bonds is 4. The van der Waals surface area contributed by atoms with Gasteiger partial charge in [-0.15, -0.1) is 0 Å². The molecule has 0 atom stereocenters. The molecule has 0 spiro atoms. The summed E-state index contributed by atoms with van der Waals surface area (Å²) in [6, 6.07) is 7.28. The van der Waals surface area contributed by atoms with Crippen molar-refractivity contribution in [1.82, 2.24) is 9.97 Å². The van der Waals surface area contributed by atoms with E-state index in [9.17, 15) is 0 Å². The van der Waals surface area contributed by atoms with Gasteiger partial charge in [0.15, 0.2) is 5.82 Å². The minimum atomic E-state index is 0.372. The van der Waals surface area contributed by atoms with Gasteiger partial charge in [0, 0.05) is 10.7 Å². The van der Waals surface area contributed by atoms with E-state index in [1.807, 2.05) is 19.1 Å². The summed E-state index contributed by atoms with van der Waals surface area (Å²) in [5.41, 5.74) is 7.09. The summed E-state index contributed by atoms with van der Waals surface area (Å²) in [7, 11) is 0. The monoisotopic (exact) mass is 264 g/mol. The number of aromatic nitrogens is 2. The molecular formula is C12H13ClN4O. The second kappa shape index (κ2) is 5.55.